The Bertz CT molecular complexity index is 645. The molecule has 0 aliphatic rings. The Balaban J connectivity index is 0.00000242. The van der Waals surface area contributed by atoms with Gasteiger partial charge in [0.25, 0.3) is 0 Å². The van der Waals surface area contributed by atoms with Crippen molar-refractivity contribution in [1.82, 2.24) is 0 Å². The second-order valence-electron chi connectivity index (χ2n) is 4.60. The summed E-state index contributed by atoms with van der Waals surface area (Å²) >= 11 is 11.9. The maximum Gasteiger partial charge on any atom is 1.00 e. The second-order valence-corrected chi connectivity index (χ2v) is 5.42. The van der Waals surface area contributed by atoms with E-state index in [-0.39, 0.29) is 63.7 Å². The molecule has 0 amide bonds. The minimum Gasteiger partial charge on any atom is -0.492 e. The van der Waals surface area contributed by atoms with Crippen LogP contribution in [-0.2, 0) is 6.61 Å². The Hall–Kier alpha value is 0.311. The molecule has 2 aromatic carbocycles. The summed E-state index contributed by atoms with van der Waals surface area (Å²) in [6, 6.07) is 8.82. The van der Waals surface area contributed by atoms with Gasteiger partial charge in [-0.05, 0) is 25.1 Å². The number of benzene rings is 2. The van der Waals surface area contributed by atoms with E-state index in [1.165, 1.54) is 6.07 Å². The Morgan fingerprint density at radius 2 is 1.64 bits per heavy atom. The summed E-state index contributed by atoms with van der Waals surface area (Å²) in [7, 11) is 0. The van der Waals surface area contributed by atoms with Crippen molar-refractivity contribution >= 4 is 35.6 Å². The standard InChI is InChI=1S/C14H11BCl2F3O.K/c1-9-5-6-14(11(7-9)15(18,19)20)21-8-10-12(16)3-2-4-13(10)17;/h2-7H,8H2,1H3;/q-1;+1. The average molecular weight is 373 g/mol. The monoisotopic (exact) mass is 372 g/mol. The van der Waals surface area contributed by atoms with E-state index in [9.17, 15) is 12.9 Å². The molecular formula is C14H11BCl2F3KO. The van der Waals surface area contributed by atoms with Gasteiger partial charge in [-0.3, -0.25) is 0 Å². The number of halogens is 5. The molecule has 2 rings (SSSR count). The van der Waals surface area contributed by atoms with Gasteiger partial charge in [0.1, 0.15) is 6.61 Å². The number of hydrogen-bond acceptors (Lipinski definition) is 1. The molecule has 112 valence electrons. The number of hydrogen-bond donors (Lipinski definition) is 0. The minimum absolute atomic E-state index is 0. The van der Waals surface area contributed by atoms with Crippen molar-refractivity contribution in [1.29, 1.82) is 0 Å². The van der Waals surface area contributed by atoms with E-state index < -0.39 is 12.4 Å². The Morgan fingerprint density at radius 1 is 1.05 bits per heavy atom. The van der Waals surface area contributed by atoms with Crippen LogP contribution in [0.2, 0.25) is 10.0 Å². The summed E-state index contributed by atoms with van der Waals surface area (Å²) < 4.78 is 44.4. The molecule has 0 fully saturated rings. The molecule has 1 nitrogen and oxygen atoms in total. The van der Waals surface area contributed by atoms with E-state index in [0.29, 0.717) is 21.2 Å². The van der Waals surface area contributed by atoms with Crippen molar-refractivity contribution in [3.05, 3.63) is 57.6 Å². The quantitative estimate of drug-likeness (QED) is 0.745. The van der Waals surface area contributed by atoms with Crippen molar-refractivity contribution in [2.75, 3.05) is 0 Å². The summed E-state index contributed by atoms with van der Waals surface area (Å²) in [5, 5.41) is 0.711. The van der Waals surface area contributed by atoms with Crippen LogP contribution in [0, 0.1) is 6.92 Å². The zero-order valence-corrected chi connectivity index (χ0v) is 16.7. The van der Waals surface area contributed by atoms with Gasteiger partial charge in [-0.1, -0.05) is 52.4 Å². The van der Waals surface area contributed by atoms with Crippen molar-refractivity contribution in [2.45, 2.75) is 13.5 Å². The molecule has 0 aromatic heterocycles. The maximum absolute atomic E-state index is 13.0. The maximum atomic E-state index is 13.0. The van der Waals surface area contributed by atoms with E-state index in [1.807, 2.05) is 0 Å². The Kier molecular flexibility index (Phi) is 7.79. The number of aryl methyl sites for hydroxylation is 1. The summed E-state index contributed by atoms with van der Waals surface area (Å²) in [4.78, 5) is 0. The third-order valence-corrected chi connectivity index (χ3v) is 3.66. The predicted molar refractivity (Wildman–Crippen MR) is 80.7 cm³/mol. The van der Waals surface area contributed by atoms with E-state index in [2.05, 4.69) is 0 Å². The topological polar surface area (TPSA) is 9.23 Å². The fourth-order valence-corrected chi connectivity index (χ4v) is 2.38. The van der Waals surface area contributed by atoms with Crippen LogP contribution in [0.5, 0.6) is 5.75 Å². The normalized spacial score (nSPS) is 11.0. The van der Waals surface area contributed by atoms with Crippen LogP contribution in [0.4, 0.5) is 12.9 Å². The molecule has 0 heterocycles. The fraction of sp³-hybridized carbons (Fsp3) is 0.143. The molecule has 0 aliphatic carbocycles. The molecule has 0 bridgehead atoms. The molecule has 0 spiro atoms. The molecule has 0 radical (unpaired) electrons. The van der Waals surface area contributed by atoms with Gasteiger partial charge in [0, 0.05) is 15.6 Å². The van der Waals surface area contributed by atoms with Crippen LogP contribution in [0.25, 0.3) is 0 Å². The SMILES string of the molecule is Cc1ccc(OCc2c(Cl)cccc2Cl)c([B-](F)(F)F)c1.[K+]. The third kappa shape index (κ3) is 5.16. The molecule has 22 heavy (non-hydrogen) atoms. The molecule has 0 saturated heterocycles. The van der Waals surface area contributed by atoms with Gasteiger partial charge in [-0.15, -0.1) is 0 Å². The van der Waals surface area contributed by atoms with Crippen LogP contribution in [0.3, 0.4) is 0 Å². The first kappa shape index (κ1) is 20.4. The van der Waals surface area contributed by atoms with Crippen molar-refractivity contribution in [3.63, 3.8) is 0 Å². The van der Waals surface area contributed by atoms with Crippen molar-refractivity contribution in [3.8, 4) is 5.75 Å². The summed E-state index contributed by atoms with van der Waals surface area (Å²) in [6.07, 6.45) is 0. The van der Waals surface area contributed by atoms with Crippen LogP contribution in [0.1, 0.15) is 11.1 Å². The van der Waals surface area contributed by atoms with Crippen LogP contribution >= 0.6 is 23.2 Å². The van der Waals surface area contributed by atoms with Gasteiger partial charge in [-0.25, -0.2) is 0 Å². The third-order valence-electron chi connectivity index (χ3n) is 2.95. The van der Waals surface area contributed by atoms with Crippen molar-refractivity contribution in [2.24, 2.45) is 0 Å². The zero-order valence-electron chi connectivity index (χ0n) is 12.0. The first-order valence-corrected chi connectivity index (χ1v) is 6.91. The predicted octanol–water partition coefficient (Wildman–Crippen LogP) is 1.94. The van der Waals surface area contributed by atoms with Gasteiger partial charge in [0.2, 0.25) is 0 Å². The smallest absolute Gasteiger partial charge is 0.492 e. The molecule has 0 atom stereocenters. The van der Waals surface area contributed by atoms with E-state index >= 15 is 0 Å². The summed E-state index contributed by atoms with van der Waals surface area (Å²) in [5.41, 5.74) is 0.229. The first-order chi connectivity index (χ1) is 9.79. The van der Waals surface area contributed by atoms with Crippen LogP contribution in [0.15, 0.2) is 36.4 Å². The number of ether oxygens (including phenoxy) is 1. The molecule has 2 aromatic rings. The van der Waals surface area contributed by atoms with Gasteiger partial charge in [0.15, 0.2) is 0 Å². The van der Waals surface area contributed by atoms with Gasteiger partial charge in [-0.2, -0.15) is 0 Å². The van der Waals surface area contributed by atoms with Crippen LogP contribution in [-0.4, -0.2) is 6.98 Å². The largest absolute Gasteiger partial charge is 1.00 e. The number of rotatable bonds is 4. The summed E-state index contributed by atoms with van der Waals surface area (Å²) in [6.45, 7) is -3.68. The van der Waals surface area contributed by atoms with Crippen LogP contribution < -0.4 is 61.6 Å². The first-order valence-electron chi connectivity index (χ1n) is 6.15. The molecule has 8 heteroatoms. The van der Waals surface area contributed by atoms with Gasteiger partial charge < -0.3 is 17.7 Å². The molecule has 0 N–H and O–H groups in total. The van der Waals surface area contributed by atoms with Gasteiger partial charge in [0.05, 0.1) is 5.75 Å². The molecule has 0 unspecified atom stereocenters. The second kappa shape index (κ2) is 8.42. The average Bonchev–Trinajstić information content (AvgIpc) is 2.38. The van der Waals surface area contributed by atoms with E-state index in [1.54, 1.807) is 31.2 Å². The van der Waals surface area contributed by atoms with E-state index in [0.717, 1.165) is 6.07 Å². The fourth-order valence-electron chi connectivity index (χ4n) is 1.88. The summed E-state index contributed by atoms with van der Waals surface area (Å²) in [5.74, 6) is -0.218. The van der Waals surface area contributed by atoms with E-state index in [4.69, 9.17) is 27.9 Å². The minimum atomic E-state index is -5.15. The Morgan fingerprint density at radius 3 is 2.18 bits per heavy atom. The molecule has 0 saturated carbocycles. The zero-order chi connectivity index (χ0) is 15.6. The van der Waals surface area contributed by atoms with Crippen molar-refractivity contribution < 1.29 is 69.1 Å². The van der Waals surface area contributed by atoms with Gasteiger partial charge >= 0.3 is 58.4 Å². The molecular weight excluding hydrogens is 362 g/mol. The molecule has 0 aliphatic heterocycles. The Labute approximate surface area is 179 Å².